The third-order valence-corrected chi connectivity index (χ3v) is 2.18. The SMILES string of the molecule is CC(N)CNc1ccc(C(N)=O)c(Cl)c1. The first-order chi connectivity index (χ1) is 7.00. The first-order valence-corrected chi connectivity index (χ1v) is 4.97. The van der Waals surface area contributed by atoms with E-state index in [1.807, 2.05) is 6.92 Å². The molecule has 1 atom stereocenters. The summed E-state index contributed by atoms with van der Waals surface area (Å²) in [4.78, 5) is 10.9. The van der Waals surface area contributed by atoms with Gasteiger partial charge in [-0.3, -0.25) is 4.79 Å². The molecular formula is C10H14ClN3O. The Morgan fingerprint density at radius 2 is 2.27 bits per heavy atom. The normalized spacial score (nSPS) is 12.2. The van der Waals surface area contributed by atoms with Crippen molar-refractivity contribution in [1.82, 2.24) is 0 Å². The number of hydrogen-bond acceptors (Lipinski definition) is 3. The molecule has 0 aliphatic rings. The van der Waals surface area contributed by atoms with Crippen LogP contribution in [0.25, 0.3) is 0 Å². The quantitative estimate of drug-likeness (QED) is 0.723. The first-order valence-electron chi connectivity index (χ1n) is 4.59. The molecule has 0 fully saturated rings. The van der Waals surface area contributed by atoms with Gasteiger partial charge in [0.2, 0.25) is 5.91 Å². The highest BCUT2D eigenvalue weighted by Gasteiger charge is 2.06. The van der Waals surface area contributed by atoms with E-state index < -0.39 is 5.91 Å². The Bertz CT molecular complexity index is 366. The largest absolute Gasteiger partial charge is 0.383 e. The number of anilines is 1. The fourth-order valence-corrected chi connectivity index (χ4v) is 1.38. The van der Waals surface area contributed by atoms with Crippen molar-refractivity contribution >= 4 is 23.2 Å². The van der Waals surface area contributed by atoms with Crippen LogP contribution in [-0.2, 0) is 0 Å². The molecule has 0 spiro atoms. The van der Waals surface area contributed by atoms with Gasteiger partial charge in [0.15, 0.2) is 0 Å². The number of benzene rings is 1. The molecule has 0 aromatic heterocycles. The molecule has 0 radical (unpaired) electrons. The van der Waals surface area contributed by atoms with Crippen LogP contribution in [0.3, 0.4) is 0 Å². The third kappa shape index (κ3) is 3.42. The van der Waals surface area contributed by atoms with Crippen LogP contribution in [0.1, 0.15) is 17.3 Å². The maximum atomic E-state index is 10.9. The number of amides is 1. The fraction of sp³-hybridized carbons (Fsp3) is 0.300. The first kappa shape index (κ1) is 11.8. The van der Waals surface area contributed by atoms with Crippen molar-refractivity contribution in [3.8, 4) is 0 Å². The number of nitrogens with one attached hydrogen (secondary N) is 1. The van der Waals surface area contributed by atoms with Crippen molar-refractivity contribution < 1.29 is 4.79 Å². The Kier molecular flexibility index (Phi) is 3.94. The number of primary amides is 1. The van der Waals surface area contributed by atoms with Crippen LogP contribution in [-0.4, -0.2) is 18.5 Å². The molecule has 1 aromatic carbocycles. The smallest absolute Gasteiger partial charge is 0.250 e. The Hall–Kier alpha value is -1.26. The van der Waals surface area contributed by atoms with Crippen LogP contribution in [0.5, 0.6) is 0 Å². The summed E-state index contributed by atoms with van der Waals surface area (Å²) in [5, 5.41) is 3.43. The van der Waals surface area contributed by atoms with Crippen molar-refractivity contribution in [1.29, 1.82) is 0 Å². The maximum absolute atomic E-state index is 10.9. The minimum absolute atomic E-state index is 0.0552. The molecular weight excluding hydrogens is 214 g/mol. The fourth-order valence-electron chi connectivity index (χ4n) is 1.10. The molecule has 0 aliphatic heterocycles. The van der Waals surface area contributed by atoms with Crippen molar-refractivity contribution in [3.63, 3.8) is 0 Å². The molecule has 0 saturated heterocycles. The predicted octanol–water partition coefficient (Wildman–Crippen LogP) is 1.20. The molecule has 82 valence electrons. The van der Waals surface area contributed by atoms with E-state index in [0.29, 0.717) is 17.1 Å². The average Bonchev–Trinajstić information content (AvgIpc) is 2.14. The van der Waals surface area contributed by atoms with Gasteiger partial charge < -0.3 is 16.8 Å². The van der Waals surface area contributed by atoms with Crippen LogP contribution in [0, 0.1) is 0 Å². The summed E-state index contributed by atoms with van der Waals surface area (Å²) < 4.78 is 0. The number of carbonyl (C=O) groups excluding carboxylic acids is 1. The summed E-state index contributed by atoms with van der Waals surface area (Å²) >= 11 is 5.87. The van der Waals surface area contributed by atoms with Gasteiger partial charge in [0.05, 0.1) is 10.6 Å². The third-order valence-electron chi connectivity index (χ3n) is 1.86. The second kappa shape index (κ2) is 5.00. The average molecular weight is 228 g/mol. The van der Waals surface area contributed by atoms with Gasteiger partial charge in [0.25, 0.3) is 0 Å². The lowest BCUT2D eigenvalue weighted by Crippen LogP contribution is -2.25. The van der Waals surface area contributed by atoms with Crippen LogP contribution >= 0.6 is 11.6 Å². The summed E-state index contributed by atoms with van der Waals surface area (Å²) in [5.41, 5.74) is 11.9. The van der Waals surface area contributed by atoms with Gasteiger partial charge in [0, 0.05) is 18.3 Å². The van der Waals surface area contributed by atoms with Crippen LogP contribution in [0.15, 0.2) is 18.2 Å². The molecule has 0 saturated carbocycles. The Morgan fingerprint density at radius 3 is 2.73 bits per heavy atom. The molecule has 5 heteroatoms. The summed E-state index contributed by atoms with van der Waals surface area (Å²) in [6.45, 7) is 2.54. The molecule has 1 unspecified atom stereocenters. The van der Waals surface area contributed by atoms with Crippen LogP contribution < -0.4 is 16.8 Å². The van der Waals surface area contributed by atoms with Gasteiger partial charge in [-0.2, -0.15) is 0 Å². The predicted molar refractivity (Wildman–Crippen MR) is 62.1 cm³/mol. The van der Waals surface area contributed by atoms with Crippen molar-refractivity contribution in [3.05, 3.63) is 28.8 Å². The Morgan fingerprint density at radius 1 is 1.60 bits per heavy atom. The van der Waals surface area contributed by atoms with Gasteiger partial charge in [-0.1, -0.05) is 11.6 Å². The standard InChI is InChI=1S/C10H14ClN3O/c1-6(12)5-14-7-2-3-8(10(13)15)9(11)4-7/h2-4,6,14H,5,12H2,1H3,(H2,13,15). The summed E-state index contributed by atoms with van der Waals surface area (Å²) in [6.07, 6.45) is 0. The molecule has 0 heterocycles. The lowest BCUT2D eigenvalue weighted by Gasteiger charge is -2.10. The molecule has 1 aromatic rings. The van der Waals surface area contributed by atoms with Crippen molar-refractivity contribution in [2.75, 3.05) is 11.9 Å². The highest BCUT2D eigenvalue weighted by atomic mass is 35.5. The lowest BCUT2D eigenvalue weighted by molar-refractivity contribution is 0.100. The van der Waals surface area contributed by atoms with Crippen molar-refractivity contribution in [2.45, 2.75) is 13.0 Å². The van der Waals surface area contributed by atoms with Crippen LogP contribution in [0.2, 0.25) is 5.02 Å². The highest BCUT2D eigenvalue weighted by Crippen LogP contribution is 2.20. The van der Waals surface area contributed by atoms with Crippen LogP contribution in [0.4, 0.5) is 5.69 Å². The molecule has 1 rings (SSSR count). The number of rotatable bonds is 4. The number of nitrogens with two attached hydrogens (primary N) is 2. The van der Waals surface area contributed by atoms with E-state index in [1.165, 1.54) is 0 Å². The Labute approximate surface area is 93.6 Å². The summed E-state index contributed by atoms with van der Waals surface area (Å²) in [5.74, 6) is -0.529. The zero-order valence-electron chi connectivity index (χ0n) is 8.46. The summed E-state index contributed by atoms with van der Waals surface area (Å²) in [6, 6.07) is 5.05. The van der Waals surface area contributed by atoms with E-state index in [2.05, 4.69) is 5.32 Å². The zero-order chi connectivity index (χ0) is 11.4. The number of carbonyl (C=O) groups is 1. The molecule has 15 heavy (non-hydrogen) atoms. The topological polar surface area (TPSA) is 81.1 Å². The molecule has 5 N–H and O–H groups in total. The summed E-state index contributed by atoms with van der Waals surface area (Å²) in [7, 11) is 0. The number of hydrogen-bond donors (Lipinski definition) is 3. The van der Waals surface area contributed by atoms with Gasteiger partial charge in [-0.15, -0.1) is 0 Å². The second-order valence-electron chi connectivity index (χ2n) is 3.42. The van der Waals surface area contributed by atoms with Gasteiger partial charge in [0.1, 0.15) is 0 Å². The minimum Gasteiger partial charge on any atom is -0.383 e. The molecule has 0 bridgehead atoms. The van der Waals surface area contributed by atoms with E-state index in [1.54, 1.807) is 18.2 Å². The molecule has 1 amide bonds. The highest BCUT2D eigenvalue weighted by molar-refractivity contribution is 6.34. The van der Waals surface area contributed by atoms with E-state index in [9.17, 15) is 4.79 Å². The molecule has 4 nitrogen and oxygen atoms in total. The van der Waals surface area contributed by atoms with E-state index in [4.69, 9.17) is 23.1 Å². The van der Waals surface area contributed by atoms with Gasteiger partial charge in [-0.25, -0.2) is 0 Å². The van der Waals surface area contributed by atoms with Crippen molar-refractivity contribution in [2.24, 2.45) is 11.5 Å². The zero-order valence-corrected chi connectivity index (χ0v) is 9.21. The van der Waals surface area contributed by atoms with Gasteiger partial charge in [-0.05, 0) is 25.1 Å². The number of halogens is 1. The van der Waals surface area contributed by atoms with E-state index >= 15 is 0 Å². The maximum Gasteiger partial charge on any atom is 0.250 e. The minimum atomic E-state index is -0.529. The van der Waals surface area contributed by atoms with Gasteiger partial charge >= 0.3 is 0 Å². The monoisotopic (exact) mass is 227 g/mol. The van der Waals surface area contributed by atoms with E-state index in [-0.39, 0.29) is 6.04 Å². The van der Waals surface area contributed by atoms with E-state index in [0.717, 1.165) is 5.69 Å². The Balaban J connectivity index is 2.78. The lowest BCUT2D eigenvalue weighted by atomic mass is 10.2. The second-order valence-corrected chi connectivity index (χ2v) is 3.82. The molecule has 0 aliphatic carbocycles.